The molecule has 106 valence electrons. The largest absolute Gasteiger partial charge is 0.491 e. The Labute approximate surface area is 114 Å². The quantitative estimate of drug-likeness (QED) is 0.859. The van der Waals surface area contributed by atoms with Gasteiger partial charge in [0.1, 0.15) is 5.75 Å². The van der Waals surface area contributed by atoms with Gasteiger partial charge >= 0.3 is 0 Å². The van der Waals surface area contributed by atoms with E-state index in [1.165, 1.54) is 0 Å². The molecular weight excluding hydrogens is 242 g/mol. The van der Waals surface area contributed by atoms with Crippen LogP contribution in [-0.4, -0.2) is 29.3 Å². The number of aliphatic hydroxyl groups excluding tert-OH is 1. The Hall–Kier alpha value is -1.55. The third kappa shape index (κ3) is 5.75. The molecule has 1 aromatic carbocycles. The van der Waals surface area contributed by atoms with Crippen LogP contribution in [0.25, 0.3) is 0 Å². The predicted molar refractivity (Wildman–Crippen MR) is 75.5 cm³/mol. The Morgan fingerprint density at radius 2 is 1.89 bits per heavy atom. The first-order chi connectivity index (χ1) is 8.81. The van der Waals surface area contributed by atoms with Gasteiger partial charge in [-0.25, -0.2) is 0 Å². The van der Waals surface area contributed by atoms with Gasteiger partial charge in [0.25, 0.3) is 5.91 Å². The van der Waals surface area contributed by atoms with Gasteiger partial charge in [-0.2, -0.15) is 0 Å². The molecule has 0 aliphatic heterocycles. The number of benzene rings is 1. The molecule has 0 fully saturated rings. The number of hydrogen-bond acceptors (Lipinski definition) is 3. The summed E-state index contributed by atoms with van der Waals surface area (Å²) in [4.78, 5) is 11.9. The van der Waals surface area contributed by atoms with E-state index in [-0.39, 0.29) is 24.2 Å². The minimum atomic E-state index is -0.248. The topological polar surface area (TPSA) is 58.6 Å². The fourth-order valence-electron chi connectivity index (χ4n) is 1.57. The van der Waals surface area contributed by atoms with Crippen LogP contribution in [0, 0.1) is 0 Å². The highest BCUT2D eigenvalue weighted by atomic mass is 16.5. The summed E-state index contributed by atoms with van der Waals surface area (Å²) in [6.45, 7) is 7.83. The molecule has 0 aromatic heterocycles. The van der Waals surface area contributed by atoms with E-state index in [0.29, 0.717) is 17.7 Å². The fourth-order valence-corrected chi connectivity index (χ4v) is 1.57. The van der Waals surface area contributed by atoms with Crippen molar-refractivity contribution in [3.8, 4) is 5.75 Å². The van der Waals surface area contributed by atoms with E-state index in [1.54, 1.807) is 24.3 Å². The van der Waals surface area contributed by atoms with Gasteiger partial charge in [-0.3, -0.25) is 4.79 Å². The van der Waals surface area contributed by atoms with Crippen molar-refractivity contribution in [1.29, 1.82) is 0 Å². The Morgan fingerprint density at radius 1 is 1.32 bits per heavy atom. The van der Waals surface area contributed by atoms with Gasteiger partial charge in [0, 0.05) is 24.1 Å². The summed E-state index contributed by atoms with van der Waals surface area (Å²) < 4.78 is 5.60. The normalized spacial score (nSPS) is 12.9. The van der Waals surface area contributed by atoms with Gasteiger partial charge in [-0.05, 0) is 52.0 Å². The highest BCUT2D eigenvalue weighted by Crippen LogP contribution is 2.15. The minimum absolute atomic E-state index is 0.0424. The smallest absolute Gasteiger partial charge is 0.251 e. The maximum absolute atomic E-state index is 11.9. The van der Waals surface area contributed by atoms with E-state index in [1.807, 2.05) is 27.7 Å². The monoisotopic (exact) mass is 265 g/mol. The van der Waals surface area contributed by atoms with Crippen LogP contribution in [0.2, 0.25) is 0 Å². The van der Waals surface area contributed by atoms with Crippen molar-refractivity contribution in [3.05, 3.63) is 29.8 Å². The summed E-state index contributed by atoms with van der Waals surface area (Å²) in [5.74, 6) is 0.607. The molecule has 0 aliphatic carbocycles. The van der Waals surface area contributed by atoms with E-state index in [2.05, 4.69) is 5.32 Å². The zero-order valence-electron chi connectivity index (χ0n) is 12.1. The molecule has 19 heavy (non-hydrogen) atoms. The van der Waals surface area contributed by atoms with Crippen molar-refractivity contribution in [2.45, 2.75) is 45.8 Å². The lowest BCUT2D eigenvalue weighted by molar-refractivity contribution is 0.0919. The Bertz CT molecular complexity index is 406. The molecule has 0 radical (unpaired) electrons. The molecular formula is C15H23NO3. The number of hydrogen-bond donors (Lipinski definition) is 2. The second-order valence-corrected chi connectivity index (χ2v) is 5.67. The van der Waals surface area contributed by atoms with Gasteiger partial charge in [-0.15, -0.1) is 0 Å². The molecule has 4 nitrogen and oxygen atoms in total. The summed E-state index contributed by atoms with van der Waals surface area (Å²) >= 11 is 0. The van der Waals surface area contributed by atoms with Crippen LogP contribution >= 0.6 is 0 Å². The first-order valence-electron chi connectivity index (χ1n) is 6.52. The van der Waals surface area contributed by atoms with Gasteiger partial charge < -0.3 is 15.2 Å². The predicted octanol–water partition coefficient (Wildman–Crippen LogP) is 2.36. The van der Waals surface area contributed by atoms with Crippen LogP contribution in [0.5, 0.6) is 5.75 Å². The molecule has 4 heteroatoms. The number of carbonyl (C=O) groups excluding carboxylic acids is 1. The number of rotatable bonds is 5. The second kappa shape index (κ2) is 6.57. The Morgan fingerprint density at radius 3 is 2.37 bits per heavy atom. The standard InChI is InChI=1S/C15H23NO3/c1-11(9-10-17)19-13-7-5-12(6-8-13)14(18)16-15(2,3)4/h5-8,11,17H,9-10H2,1-4H3,(H,16,18). The summed E-state index contributed by atoms with van der Waals surface area (Å²) in [5, 5.41) is 11.7. The Balaban J connectivity index is 2.63. The molecule has 1 rings (SSSR count). The fraction of sp³-hybridized carbons (Fsp3) is 0.533. The van der Waals surface area contributed by atoms with E-state index in [0.717, 1.165) is 0 Å². The molecule has 1 atom stereocenters. The molecule has 0 bridgehead atoms. The number of amides is 1. The molecule has 0 saturated heterocycles. The van der Waals surface area contributed by atoms with Crippen molar-refractivity contribution in [2.75, 3.05) is 6.61 Å². The van der Waals surface area contributed by atoms with Gasteiger partial charge in [0.05, 0.1) is 6.10 Å². The zero-order valence-corrected chi connectivity index (χ0v) is 12.1. The van der Waals surface area contributed by atoms with Crippen molar-refractivity contribution in [1.82, 2.24) is 5.32 Å². The van der Waals surface area contributed by atoms with Crippen LogP contribution in [0.15, 0.2) is 24.3 Å². The summed E-state index contributed by atoms with van der Waals surface area (Å²) in [7, 11) is 0. The van der Waals surface area contributed by atoms with Crippen molar-refractivity contribution >= 4 is 5.91 Å². The number of carbonyl (C=O) groups is 1. The van der Waals surface area contributed by atoms with Gasteiger partial charge in [0.15, 0.2) is 0 Å². The lowest BCUT2D eigenvalue weighted by Gasteiger charge is -2.20. The van der Waals surface area contributed by atoms with E-state index in [9.17, 15) is 4.79 Å². The van der Waals surface area contributed by atoms with E-state index >= 15 is 0 Å². The van der Waals surface area contributed by atoms with E-state index < -0.39 is 0 Å². The lowest BCUT2D eigenvalue weighted by Crippen LogP contribution is -2.40. The highest BCUT2D eigenvalue weighted by Gasteiger charge is 2.15. The zero-order chi connectivity index (χ0) is 14.5. The van der Waals surface area contributed by atoms with Crippen LogP contribution in [-0.2, 0) is 0 Å². The molecule has 0 heterocycles. The summed E-state index contributed by atoms with van der Waals surface area (Å²) in [6.07, 6.45) is 0.547. The lowest BCUT2D eigenvalue weighted by atomic mass is 10.1. The molecule has 0 saturated carbocycles. The van der Waals surface area contributed by atoms with Crippen LogP contribution in [0.1, 0.15) is 44.5 Å². The summed E-state index contributed by atoms with van der Waals surface area (Å²) in [5.41, 5.74) is 0.360. The first-order valence-corrected chi connectivity index (χ1v) is 6.52. The molecule has 1 amide bonds. The first kappa shape index (κ1) is 15.5. The second-order valence-electron chi connectivity index (χ2n) is 5.67. The van der Waals surface area contributed by atoms with Crippen LogP contribution in [0.4, 0.5) is 0 Å². The van der Waals surface area contributed by atoms with Crippen molar-refractivity contribution in [2.24, 2.45) is 0 Å². The third-order valence-electron chi connectivity index (χ3n) is 2.48. The molecule has 1 unspecified atom stereocenters. The number of nitrogens with one attached hydrogen (secondary N) is 1. The Kier molecular flexibility index (Phi) is 5.36. The molecule has 1 aromatic rings. The SMILES string of the molecule is CC(CCO)Oc1ccc(C(=O)NC(C)(C)C)cc1. The van der Waals surface area contributed by atoms with Crippen molar-refractivity contribution in [3.63, 3.8) is 0 Å². The van der Waals surface area contributed by atoms with Gasteiger partial charge in [-0.1, -0.05) is 0 Å². The molecule has 2 N–H and O–H groups in total. The highest BCUT2D eigenvalue weighted by molar-refractivity contribution is 5.94. The third-order valence-corrected chi connectivity index (χ3v) is 2.48. The summed E-state index contributed by atoms with van der Waals surface area (Å²) in [6, 6.07) is 7.01. The minimum Gasteiger partial charge on any atom is -0.491 e. The van der Waals surface area contributed by atoms with Crippen molar-refractivity contribution < 1.29 is 14.6 Å². The maximum Gasteiger partial charge on any atom is 0.251 e. The number of ether oxygens (including phenoxy) is 1. The molecule has 0 aliphatic rings. The van der Waals surface area contributed by atoms with E-state index in [4.69, 9.17) is 9.84 Å². The average molecular weight is 265 g/mol. The average Bonchev–Trinajstić information content (AvgIpc) is 2.27. The van der Waals surface area contributed by atoms with Crippen LogP contribution < -0.4 is 10.1 Å². The molecule has 0 spiro atoms. The van der Waals surface area contributed by atoms with Crippen LogP contribution in [0.3, 0.4) is 0 Å². The van der Waals surface area contributed by atoms with Gasteiger partial charge in [0.2, 0.25) is 0 Å². The number of aliphatic hydroxyl groups is 1. The maximum atomic E-state index is 11.9.